The standard InChI is InChI=1S/C11H18N6O3.ClH/c1-15(2)11(12)14-5-4-13-10(18)9-6-8(17(19)20)7-16(9)3;/h6-7H,4-5H2,1-3H3,(H2,12,14)(H,13,18);1H. The molecule has 0 unspecified atom stereocenters. The summed E-state index contributed by atoms with van der Waals surface area (Å²) in [6, 6.07) is 1.23. The number of halogens is 1. The average Bonchev–Trinajstić information content (AvgIpc) is 2.76. The fraction of sp³-hybridized carbons (Fsp3) is 0.455. The van der Waals surface area contributed by atoms with Gasteiger partial charge in [0.1, 0.15) is 5.69 Å². The molecule has 0 bridgehead atoms. The van der Waals surface area contributed by atoms with Gasteiger partial charge in [0.25, 0.3) is 11.6 Å². The first kappa shape index (κ1) is 18.7. The van der Waals surface area contributed by atoms with Gasteiger partial charge in [0.05, 0.1) is 17.7 Å². The van der Waals surface area contributed by atoms with E-state index in [1.165, 1.54) is 16.8 Å². The monoisotopic (exact) mass is 318 g/mol. The third-order valence-electron chi connectivity index (χ3n) is 2.56. The lowest BCUT2D eigenvalue weighted by Gasteiger charge is -2.10. The minimum atomic E-state index is -0.543. The summed E-state index contributed by atoms with van der Waals surface area (Å²) in [4.78, 5) is 27.6. The number of guanidine groups is 1. The van der Waals surface area contributed by atoms with Crippen molar-refractivity contribution in [2.24, 2.45) is 17.8 Å². The molecule has 118 valence electrons. The van der Waals surface area contributed by atoms with E-state index in [0.717, 1.165) is 0 Å². The number of aryl methyl sites for hydroxylation is 1. The molecule has 1 rings (SSSR count). The molecule has 0 aliphatic heterocycles. The van der Waals surface area contributed by atoms with Crippen LogP contribution in [0.5, 0.6) is 0 Å². The van der Waals surface area contributed by atoms with Gasteiger partial charge in [-0.15, -0.1) is 12.4 Å². The molecule has 9 nitrogen and oxygen atoms in total. The molecular formula is C11H19ClN6O3. The first-order valence-corrected chi connectivity index (χ1v) is 5.89. The lowest BCUT2D eigenvalue weighted by Crippen LogP contribution is -2.32. The Morgan fingerprint density at radius 2 is 2.19 bits per heavy atom. The maximum Gasteiger partial charge on any atom is 0.287 e. The highest BCUT2D eigenvalue weighted by Crippen LogP contribution is 2.14. The highest BCUT2D eigenvalue weighted by molar-refractivity contribution is 5.93. The van der Waals surface area contributed by atoms with Gasteiger partial charge >= 0.3 is 0 Å². The van der Waals surface area contributed by atoms with Crippen molar-refractivity contribution in [2.45, 2.75) is 0 Å². The molecule has 3 N–H and O–H groups in total. The zero-order chi connectivity index (χ0) is 15.3. The Kier molecular flexibility index (Phi) is 7.22. The van der Waals surface area contributed by atoms with Gasteiger partial charge in [0, 0.05) is 33.8 Å². The van der Waals surface area contributed by atoms with Gasteiger partial charge in [-0.3, -0.25) is 19.9 Å². The van der Waals surface area contributed by atoms with E-state index in [1.54, 1.807) is 26.0 Å². The minimum Gasteiger partial charge on any atom is -0.370 e. The van der Waals surface area contributed by atoms with Crippen molar-refractivity contribution in [1.82, 2.24) is 14.8 Å². The summed E-state index contributed by atoms with van der Waals surface area (Å²) in [5.74, 6) is -0.0204. The van der Waals surface area contributed by atoms with E-state index in [4.69, 9.17) is 5.73 Å². The number of carbonyl (C=O) groups is 1. The van der Waals surface area contributed by atoms with E-state index in [0.29, 0.717) is 19.0 Å². The molecule has 0 saturated heterocycles. The molecule has 0 aliphatic rings. The molecule has 0 radical (unpaired) electrons. The van der Waals surface area contributed by atoms with Crippen LogP contribution in [0.3, 0.4) is 0 Å². The van der Waals surface area contributed by atoms with E-state index >= 15 is 0 Å². The zero-order valence-corrected chi connectivity index (χ0v) is 12.9. The summed E-state index contributed by atoms with van der Waals surface area (Å²) in [6.07, 6.45) is 1.29. The number of nitrogens with zero attached hydrogens (tertiary/aromatic N) is 4. The summed E-state index contributed by atoms with van der Waals surface area (Å²) in [5, 5.41) is 13.2. The number of carbonyl (C=O) groups excluding carboxylic acids is 1. The maximum absolute atomic E-state index is 11.8. The molecule has 0 spiro atoms. The van der Waals surface area contributed by atoms with Gasteiger partial charge in [0.2, 0.25) is 0 Å². The number of nitrogens with two attached hydrogens (primary N) is 1. The van der Waals surface area contributed by atoms with Gasteiger partial charge in [-0.1, -0.05) is 0 Å². The number of hydrogen-bond acceptors (Lipinski definition) is 4. The van der Waals surface area contributed by atoms with Gasteiger partial charge in [-0.25, -0.2) is 0 Å². The molecule has 0 saturated carbocycles. The topological polar surface area (TPSA) is 119 Å². The Bertz CT molecular complexity index is 540. The highest BCUT2D eigenvalue weighted by Gasteiger charge is 2.16. The second kappa shape index (κ2) is 8.10. The van der Waals surface area contributed by atoms with Crippen molar-refractivity contribution in [3.63, 3.8) is 0 Å². The van der Waals surface area contributed by atoms with E-state index < -0.39 is 4.92 Å². The second-order valence-corrected chi connectivity index (χ2v) is 4.34. The van der Waals surface area contributed by atoms with Crippen LogP contribution in [0.25, 0.3) is 0 Å². The minimum absolute atomic E-state index is 0. The Morgan fingerprint density at radius 1 is 1.57 bits per heavy atom. The maximum atomic E-state index is 11.8. The van der Waals surface area contributed by atoms with Crippen molar-refractivity contribution in [3.8, 4) is 0 Å². The van der Waals surface area contributed by atoms with Crippen LogP contribution in [0.15, 0.2) is 17.3 Å². The zero-order valence-electron chi connectivity index (χ0n) is 12.1. The molecular weight excluding hydrogens is 300 g/mol. The van der Waals surface area contributed by atoms with Gasteiger partial charge in [-0.05, 0) is 0 Å². The second-order valence-electron chi connectivity index (χ2n) is 4.34. The molecule has 10 heteroatoms. The van der Waals surface area contributed by atoms with Crippen LogP contribution in [-0.2, 0) is 7.05 Å². The molecule has 1 amide bonds. The number of nitrogens with one attached hydrogen (secondary N) is 1. The van der Waals surface area contributed by atoms with Gasteiger partial charge < -0.3 is 20.5 Å². The van der Waals surface area contributed by atoms with Crippen LogP contribution >= 0.6 is 12.4 Å². The average molecular weight is 319 g/mol. The summed E-state index contributed by atoms with van der Waals surface area (Å²) >= 11 is 0. The van der Waals surface area contributed by atoms with Crippen LogP contribution in [0.2, 0.25) is 0 Å². The van der Waals surface area contributed by atoms with Crippen LogP contribution < -0.4 is 11.1 Å². The molecule has 1 aromatic rings. The smallest absolute Gasteiger partial charge is 0.287 e. The van der Waals surface area contributed by atoms with Crippen LogP contribution in [0, 0.1) is 10.1 Å². The molecule has 1 heterocycles. The molecule has 0 aromatic carbocycles. The lowest BCUT2D eigenvalue weighted by atomic mass is 10.4. The molecule has 0 atom stereocenters. The van der Waals surface area contributed by atoms with Gasteiger partial charge in [0.15, 0.2) is 5.96 Å². The fourth-order valence-corrected chi connectivity index (χ4v) is 1.44. The molecule has 1 aromatic heterocycles. The van der Waals surface area contributed by atoms with E-state index in [-0.39, 0.29) is 29.7 Å². The quantitative estimate of drug-likeness (QED) is 0.259. The number of aliphatic imine (C=N–C) groups is 1. The van der Waals surface area contributed by atoms with Crippen molar-refractivity contribution < 1.29 is 9.72 Å². The summed E-state index contributed by atoms with van der Waals surface area (Å²) in [6.45, 7) is 0.634. The Morgan fingerprint density at radius 3 is 2.67 bits per heavy atom. The van der Waals surface area contributed by atoms with Crippen molar-refractivity contribution in [2.75, 3.05) is 27.2 Å². The third kappa shape index (κ3) is 5.30. The Labute approximate surface area is 128 Å². The fourth-order valence-electron chi connectivity index (χ4n) is 1.44. The number of amides is 1. The first-order valence-electron chi connectivity index (χ1n) is 5.89. The molecule has 21 heavy (non-hydrogen) atoms. The van der Waals surface area contributed by atoms with Crippen molar-refractivity contribution >= 4 is 30.0 Å². The Hall–Kier alpha value is -2.29. The summed E-state index contributed by atoms with van der Waals surface area (Å²) in [5.41, 5.74) is 5.69. The van der Waals surface area contributed by atoms with E-state index in [2.05, 4.69) is 10.3 Å². The number of rotatable bonds is 5. The molecule has 0 aliphatic carbocycles. The van der Waals surface area contributed by atoms with Crippen LogP contribution in [-0.4, -0.2) is 53.4 Å². The number of aromatic nitrogens is 1. The lowest BCUT2D eigenvalue weighted by molar-refractivity contribution is -0.384. The molecule has 0 fully saturated rings. The summed E-state index contributed by atoms with van der Waals surface area (Å²) < 4.78 is 1.41. The first-order chi connectivity index (χ1) is 9.32. The van der Waals surface area contributed by atoms with Gasteiger partial charge in [-0.2, -0.15) is 0 Å². The normalized spacial score (nSPS) is 10.7. The van der Waals surface area contributed by atoms with Crippen molar-refractivity contribution in [3.05, 3.63) is 28.1 Å². The van der Waals surface area contributed by atoms with Crippen LogP contribution in [0.1, 0.15) is 10.5 Å². The highest BCUT2D eigenvalue weighted by atomic mass is 35.5. The predicted octanol–water partition coefficient (Wildman–Crippen LogP) is -0.0388. The number of hydrogen-bond donors (Lipinski definition) is 2. The Balaban J connectivity index is 0.00000400. The SMILES string of the molecule is CN(C)C(N)=NCCNC(=O)c1cc([N+](=O)[O-])cn1C.Cl. The number of nitro groups is 1. The van der Waals surface area contributed by atoms with Crippen molar-refractivity contribution in [1.29, 1.82) is 0 Å². The van der Waals surface area contributed by atoms with E-state index in [1.807, 2.05) is 0 Å². The van der Waals surface area contributed by atoms with Crippen LogP contribution in [0.4, 0.5) is 5.69 Å². The summed E-state index contributed by atoms with van der Waals surface area (Å²) in [7, 11) is 5.10. The predicted molar refractivity (Wildman–Crippen MR) is 81.8 cm³/mol. The third-order valence-corrected chi connectivity index (χ3v) is 2.56. The largest absolute Gasteiger partial charge is 0.370 e. The van der Waals surface area contributed by atoms with E-state index in [9.17, 15) is 14.9 Å².